The predicted molar refractivity (Wildman–Crippen MR) is 67.3 cm³/mol. The van der Waals surface area contributed by atoms with Crippen molar-refractivity contribution < 1.29 is 18.5 Å². The van der Waals surface area contributed by atoms with E-state index in [1.54, 1.807) is 6.92 Å². The molecule has 1 fully saturated rings. The fraction of sp³-hybridized carbons (Fsp3) is 0.917. The third-order valence-corrected chi connectivity index (χ3v) is 4.55. The molecule has 0 aliphatic carbocycles. The number of hydrogen-bond acceptors (Lipinski definition) is 4. The topological polar surface area (TPSA) is 52.6 Å². The van der Waals surface area contributed by atoms with E-state index < -0.39 is 16.0 Å². The molecule has 0 aromatic rings. The Labute approximate surface area is 106 Å². The van der Waals surface area contributed by atoms with Crippen LogP contribution in [0.2, 0.25) is 0 Å². The quantitative estimate of drug-likeness (QED) is 0.655. The highest BCUT2D eigenvalue weighted by Gasteiger charge is 2.29. The van der Waals surface area contributed by atoms with Crippen LogP contribution in [0.4, 0.5) is 0 Å². The van der Waals surface area contributed by atoms with E-state index in [0.29, 0.717) is 18.8 Å². The van der Waals surface area contributed by atoms with E-state index in [-0.39, 0.29) is 12.1 Å². The summed E-state index contributed by atoms with van der Waals surface area (Å²) in [5.74, 6) is 0.134. The van der Waals surface area contributed by atoms with Crippen LogP contribution in [-0.2, 0) is 25.1 Å². The standard InChI is InChI=1S/C12H22O4S/c1-3-6-11(12(13)15-4-2)17(14)9-10-7-5-8-16-10/h10-11H,3-9H2,1-2H3. The number of hydrogen-bond donors (Lipinski definition) is 0. The van der Waals surface area contributed by atoms with Crippen LogP contribution in [0.3, 0.4) is 0 Å². The molecule has 0 aromatic heterocycles. The van der Waals surface area contributed by atoms with Crippen molar-refractivity contribution in [3.8, 4) is 0 Å². The highest BCUT2D eigenvalue weighted by Crippen LogP contribution is 2.16. The molecule has 1 aliphatic heterocycles. The number of ether oxygens (including phenoxy) is 2. The number of rotatable bonds is 7. The van der Waals surface area contributed by atoms with Crippen LogP contribution in [0.25, 0.3) is 0 Å². The van der Waals surface area contributed by atoms with Gasteiger partial charge in [-0.05, 0) is 26.2 Å². The second-order valence-electron chi connectivity index (χ2n) is 4.21. The Hall–Kier alpha value is -0.420. The lowest BCUT2D eigenvalue weighted by Gasteiger charge is -2.16. The summed E-state index contributed by atoms with van der Waals surface area (Å²) in [5, 5.41) is -0.482. The maximum Gasteiger partial charge on any atom is 0.321 e. The first kappa shape index (κ1) is 14.6. The Morgan fingerprint density at radius 3 is 2.82 bits per heavy atom. The molecule has 1 saturated heterocycles. The van der Waals surface area contributed by atoms with Crippen LogP contribution >= 0.6 is 0 Å². The van der Waals surface area contributed by atoms with Gasteiger partial charge in [-0.3, -0.25) is 9.00 Å². The fourth-order valence-electron chi connectivity index (χ4n) is 1.93. The van der Waals surface area contributed by atoms with Crippen molar-refractivity contribution >= 4 is 16.8 Å². The molecule has 1 heterocycles. The van der Waals surface area contributed by atoms with Gasteiger partial charge in [0.1, 0.15) is 5.25 Å². The lowest BCUT2D eigenvalue weighted by Crippen LogP contribution is -2.32. The summed E-state index contributed by atoms with van der Waals surface area (Å²) in [4.78, 5) is 11.7. The van der Waals surface area contributed by atoms with Crippen molar-refractivity contribution in [2.75, 3.05) is 19.0 Å². The molecule has 3 unspecified atom stereocenters. The molecule has 0 aromatic carbocycles. The first-order valence-corrected chi connectivity index (χ1v) is 7.72. The van der Waals surface area contributed by atoms with E-state index >= 15 is 0 Å². The highest BCUT2D eigenvalue weighted by molar-refractivity contribution is 7.86. The van der Waals surface area contributed by atoms with Gasteiger partial charge in [-0.2, -0.15) is 0 Å². The first-order valence-electron chi connectivity index (χ1n) is 6.34. The van der Waals surface area contributed by atoms with E-state index in [0.717, 1.165) is 25.9 Å². The minimum Gasteiger partial charge on any atom is -0.465 e. The van der Waals surface area contributed by atoms with E-state index in [4.69, 9.17) is 9.47 Å². The normalized spacial score (nSPS) is 23.3. The molecule has 1 rings (SSSR count). The van der Waals surface area contributed by atoms with E-state index in [2.05, 4.69) is 0 Å². The van der Waals surface area contributed by atoms with Gasteiger partial charge < -0.3 is 9.47 Å². The van der Waals surface area contributed by atoms with E-state index in [1.807, 2.05) is 6.92 Å². The van der Waals surface area contributed by atoms with Crippen LogP contribution < -0.4 is 0 Å². The molecular weight excluding hydrogens is 240 g/mol. The summed E-state index contributed by atoms with van der Waals surface area (Å²) in [6.45, 7) is 4.84. The maximum atomic E-state index is 12.1. The zero-order chi connectivity index (χ0) is 12.7. The van der Waals surface area contributed by atoms with Gasteiger partial charge in [0.25, 0.3) is 0 Å². The summed E-state index contributed by atoms with van der Waals surface area (Å²) in [7, 11) is -1.18. The minimum atomic E-state index is -1.18. The van der Waals surface area contributed by atoms with Crippen LogP contribution in [0.1, 0.15) is 39.5 Å². The van der Waals surface area contributed by atoms with Crippen LogP contribution in [-0.4, -0.2) is 40.5 Å². The van der Waals surface area contributed by atoms with Crippen LogP contribution in [0.15, 0.2) is 0 Å². The number of carbonyl (C=O) groups is 1. The van der Waals surface area contributed by atoms with E-state index in [9.17, 15) is 9.00 Å². The highest BCUT2D eigenvalue weighted by atomic mass is 32.2. The van der Waals surface area contributed by atoms with Gasteiger partial charge in [0.2, 0.25) is 0 Å². The minimum absolute atomic E-state index is 0.0598. The van der Waals surface area contributed by atoms with Gasteiger partial charge in [-0.1, -0.05) is 13.3 Å². The van der Waals surface area contributed by atoms with Crippen LogP contribution in [0.5, 0.6) is 0 Å². The molecule has 0 saturated carbocycles. The third-order valence-electron chi connectivity index (χ3n) is 2.79. The summed E-state index contributed by atoms with van der Waals surface area (Å²) in [5.41, 5.74) is 0. The van der Waals surface area contributed by atoms with Gasteiger partial charge >= 0.3 is 5.97 Å². The lowest BCUT2D eigenvalue weighted by molar-refractivity contribution is -0.142. The molecule has 0 bridgehead atoms. The predicted octanol–water partition coefficient (Wildman–Crippen LogP) is 1.65. The maximum absolute atomic E-state index is 12.1. The molecule has 0 N–H and O–H groups in total. The summed E-state index contributed by atoms with van der Waals surface area (Å²) in [6.07, 6.45) is 3.50. The first-order chi connectivity index (χ1) is 8.19. The van der Waals surface area contributed by atoms with Crippen molar-refractivity contribution in [3.63, 3.8) is 0 Å². The summed E-state index contributed by atoms with van der Waals surface area (Å²) < 4.78 is 22.6. The van der Waals surface area contributed by atoms with Crippen LogP contribution in [0, 0.1) is 0 Å². The second-order valence-corrected chi connectivity index (χ2v) is 5.88. The van der Waals surface area contributed by atoms with Crippen molar-refractivity contribution in [1.82, 2.24) is 0 Å². The molecule has 1 aliphatic rings. The van der Waals surface area contributed by atoms with Crippen molar-refractivity contribution in [2.45, 2.75) is 50.9 Å². The number of esters is 1. The van der Waals surface area contributed by atoms with Crippen molar-refractivity contribution in [1.29, 1.82) is 0 Å². The Morgan fingerprint density at radius 2 is 2.29 bits per heavy atom. The van der Waals surface area contributed by atoms with E-state index in [1.165, 1.54) is 0 Å². The Morgan fingerprint density at radius 1 is 1.53 bits per heavy atom. The zero-order valence-corrected chi connectivity index (χ0v) is 11.5. The lowest BCUT2D eigenvalue weighted by atomic mass is 10.2. The molecule has 0 radical (unpaired) electrons. The molecular formula is C12H22O4S. The molecule has 5 heteroatoms. The van der Waals surface area contributed by atoms with Crippen molar-refractivity contribution in [3.05, 3.63) is 0 Å². The SMILES string of the molecule is CCCC(C(=O)OCC)S(=O)CC1CCCO1. The zero-order valence-electron chi connectivity index (χ0n) is 10.6. The van der Waals surface area contributed by atoms with Crippen molar-refractivity contribution in [2.24, 2.45) is 0 Å². The van der Waals surface area contributed by atoms with Gasteiger partial charge in [0.05, 0.1) is 18.5 Å². The Bertz CT molecular complexity index is 261. The largest absolute Gasteiger partial charge is 0.465 e. The third kappa shape index (κ3) is 4.76. The smallest absolute Gasteiger partial charge is 0.321 e. The molecule has 0 spiro atoms. The summed E-state index contributed by atoms with van der Waals surface area (Å²) in [6, 6.07) is 0. The Kier molecular flexibility index (Phi) is 6.73. The molecule has 3 atom stereocenters. The molecule has 100 valence electrons. The summed E-state index contributed by atoms with van der Waals surface area (Å²) >= 11 is 0. The second kappa shape index (κ2) is 7.82. The number of carbonyl (C=O) groups excluding carboxylic acids is 1. The van der Waals surface area contributed by atoms with Gasteiger partial charge in [0.15, 0.2) is 0 Å². The molecule has 0 amide bonds. The Balaban J connectivity index is 2.49. The van der Waals surface area contributed by atoms with Gasteiger partial charge in [-0.15, -0.1) is 0 Å². The molecule has 17 heavy (non-hydrogen) atoms. The van der Waals surface area contributed by atoms with Gasteiger partial charge in [-0.25, -0.2) is 0 Å². The monoisotopic (exact) mass is 262 g/mol. The fourth-order valence-corrected chi connectivity index (χ4v) is 3.57. The average molecular weight is 262 g/mol. The molecule has 4 nitrogen and oxygen atoms in total. The average Bonchev–Trinajstić information content (AvgIpc) is 2.78. The van der Waals surface area contributed by atoms with Gasteiger partial charge in [0, 0.05) is 17.4 Å².